The highest BCUT2D eigenvalue weighted by Gasteiger charge is 2.21. The third-order valence-electron chi connectivity index (χ3n) is 5.65. The standard InChI is InChI=1S/C22H35N7O.HI/c1-17-7-8-18(2)20(15-17)28-10-12-29(13-11-28)22(23-9-6-14-30-5)24-16-21-26-25-19(3)27(21)4;/h7-8,15H,6,9-14,16H2,1-5H3,(H,23,24);1H. The van der Waals surface area contributed by atoms with Gasteiger partial charge in [0.05, 0.1) is 0 Å². The van der Waals surface area contributed by atoms with Gasteiger partial charge in [-0.25, -0.2) is 4.99 Å². The maximum atomic E-state index is 5.18. The van der Waals surface area contributed by atoms with Crippen molar-refractivity contribution in [3.63, 3.8) is 0 Å². The van der Waals surface area contributed by atoms with Gasteiger partial charge in [0.25, 0.3) is 0 Å². The van der Waals surface area contributed by atoms with Crippen molar-refractivity contribution < 1.29 is 4.74 Å². The van der Waals surface area contributed by atoms with Gasteiger partial charge in [0.2, 0.25) is 0 Å². The quantitative estimate of drug-likeness (QED) is 0.252. The lowest BCUT2D eigenvalue weighted by molar-refractivity contribution is 0.195. The van der Waals surface area contributed by atoms with E-state index < -0.39 is 0 Å². The molecule has 0 aliphatic carbocycles. The second-order valence-electron chi connectivity index (χ2n) is 7.90. The van der Waals surface area contributed by atoms with Crippen LogP contribution in [0, 0.1) is 20.8 Å². The number of aliphatic imine (C=N–C) groups is 1. The lowest BCUT2D eigenvalue weighted by Crippen LogP contribution is -2.53. The normalized spacial score (nSPS) is 14.5. The van der Waals surface area contributed by atoms with Crippen molar-refractivity contribution >= 4 is 35.6 Å². The Kier molecular flexibility index (Phi) is 10.0. The Morgan fingerprint density at radius 3 is 2.52 bits per heavy atom. The van der Waals surface area contributed by atoms with E-state index in [1.165, 1.54) is 16.8 Å². The van der Waals surface area contributed by atoms with Crippen LogP contribution in [0.1, 0.15) is 29.2 Å². The summed E-state index contributed by atoms with van der Waals surface area (Å²) in [6.45, 7) is 12.2. The number of aryl methyl sites for hydroxylation is 3. The molecule has 1 aliphatic rings. The van der Waals surface area contributed by atoms with Crippen molar-refractivity contribution in [2.24, 2.45) is 12.0 Å². The van der Waals surface area contributed by atoms with Crippen LogP contribution in [0.25, 0.3) is 0 Å². The summed E-state index contributed by atoms with van der Waals surface area (Å²) in [6.07, 6.45) is 0.945. The SMILES string of the molecule is COCCCNC(=NCc1nnc(C)n1C)N1CCN(c2cc(C)ccc2C)CC1.I. The van der Waals surface area contributed by atoms with E-state index in [0.29, 0.717) is 6.54 Å². The number of anilines is 1. The lowest BCUT2D eigenvalue weighted by Gasteiger charge is -2.38. The first-order chi connectivity index (χ1) is 14.5. The van der Waals surface area contributed by atoms with Gasteiger partial charge in [-0.3, -0.25) is 0 Å². The highest BCUT2D eigenvalue weighted by molar-refractivity contribution is 14.0. The number of aromatic nitrogens is 3. The van der Waals surface area contributed by atoms with E-state index in [2.05, 4.69) is 57.4 Å². The summed E-state index contributed by atoms with van der Waals surface area (Å²) >= 11 is 0. The summed E-state index contributed by atoms with van der Waals surface area (Å²) in [6, 6.07) is 6.68. The molecule has 2 aromatic rings. The molecule has 1 saturated heterocycles. The van der Waals surface area contributed by atoms with Crippen LogP contribution in [-0.2, 0) is 18.3 Å². The van der Waals surface area contributed by atoms with Crippen LogP contribution >= 0.6 is 24.0 Å². The van der Waals surface area contributed by atoms with E-state index >= 15 is 0 Å². The van der Waals surface area contributed by atoms with Crippen molar-refractivity contribution in [3.05, 3.63) is 41.0 Å². The van der Waals surface area contributed by atoms with Crippen molar-refractivity contribution in [3.8, 4) is 0 Å². The molecule has 3 rings (SSSR count). The van der Waals surface area contributed by atoms with Crippen LogP contribution in [0.15, 0.2) is 23.2 Å². The number of guanidine groups is 1. The van der Waals surface area contributed by atoms with Crippen molar-refractivity contribution in [1.82, 2.24) is 25.0 Å². The molecule has 2 heterocycles. The van der Waals surface area contributed by atoms with Gasteiger partial charge in [-0.15, -0.1) is 34.2 Å². The zero-order valence-electron chi connectivity index (χ0n) is 19.4. The third-order valence-corrected chi connectivity index (χ3v) is 5.65. The van der Waals surface area contributed by atoms with Gasteiger partial charge in [0.15, 0.2) is 11.8 Å². The molecule has 0 saturated carbocycles. The van der Waals surface area contributed by atoms with E-state index in [-0.39, 0.29) is 24.0 Å². The second-order valence-corrected chi connectivity index (χ2v) is 7.90. The van der Waals surface area contributed by atoms with Crippen LogP contribution in [0.3, 0.4) is 0 Å². The first kappa shape index (κ1) is 25.4. The smallest absolute Gasteiger partial charge is 0.194 e. The summed E-state index contributed by atoms with van der Waals surface area (Å²) in [5.74, 6) is 2.71. The number of piperazine rings is 1. The number of benzene rings is 1. The fourth-order valence-corrected chi connectivity index (χ4v) is 3.64. The molecule has 0 radical (unpaired) electrons. The van der Waals surface area contributed by atoms with Gasteiger partial charge < -0.3 is 24.4 Å². The van der Waals surface area contributed by atoms with Crippen LogP contribution in [0.2, 0.25) is 0 Å². The van der Waals surface area contributed by atoms with Gasteiger partial charge in [0, 0.05) is 59.2 Å². The monoisotopic (exact) mass is 541 g/mol. The Morgan fingerprint density at radius 2 is 1.87 bits per heavy atom. The zero-order valence-corrected chi connectivity index (χ0v) is 21.7. The molecule has 0 amide bonds. The van der Waals surface area contributed by atoms with Crippen molar-refractivity contribution in [2.45, 2.75) is 33.7 Å². The van der Waals surface area contributed by atoms with E-state index in [4.69, 9.17) is 9.73 Å². The molecule has 8 nitrogen and oxygen atoms in total. The predicted molar refractivity (Wildman–Crippen MR) is 136 cm³/mol. The molecule has 0 unspecified atom stereocenters. The van der Waals surface area contributed by atoms with Gasteiger partial charge in [-0.2, -0.15) is 0 Å². The van der Waals surface area contributed by atoms with Crippen LogP contribution in [-0.4, -0.2) is 72.1 Å². The number of ether oxygens (including phenoxy) is 1. The average molecular weight is 541 g/mol. The Bertz CT molecular complexity index is 860. The third kappa shape index (κ3) is 6.80. The summed E-state index contributed by atoms with van der Waals surface area (Å²) in [5, 5.41) is 11.9. The first-order valence-corrected chi connectivity index (χ1v) is 10.7. The summed E-state index contributed by atoms with van der Waals surface area (Å²) in [5.41, 5.74) is 3.98. The molecule has 1 N–H and O–H groups in total. The topological polar surface area (TPSA) is 70.8 Å². The van der Waals surface area contributed by atoms with Gasteiger partial charge in [0.1, 0.15) is 12.4 Å². The average Bonchev–Trinajstić information content (AvgIpc) is 3.07. The molecule has 1 aliphatic heterocycles. The molecule has 0 bridgehead atoms. The largest absolute Gasteiger partial charge is 0.385 e. The second kappa shape index (κ2) is 12.2. The maximum absolute atomic E-state index is 5.18. The lowest BCUT2D eigenvalue weighted by atomic mass is 10.1. The number of hydrogen-bond donors (Lipinski definition) is 1. The van der Waals surface area contributed by atoms with Crippen molar-refractivity contribution in [2.75, 3.05) is 51.3 Å². The summed E-state index contributed by atoms with van der Waals surface area (Å²) < 4.78 is 7.17. The molecule has 1 aromatic heterocycles. The van der Waals surface area contributed by atoms with Crippen LogP contribution in [0.4, 0.5) is 5.69 Å². The molecule has 0 atom stereocenters. The molecule has 172 valence electrons. The maximum Gasteiger partial charge on any atom is 0.194 e. The molecule has 1 aromatic carbocycles. The highest BCUT2D eigenvalue weighted by atomic mass is 127. The first-order valence-electron chi connectivity index (χ1n) is 10.7. The molecule has 0 spiro atoms. The molecule has 31 heavy (non-hydrogen) atoms. The Balaban J connectivity index is 0.00000341. The fraction of sp³-hybridized carbons (Fsp3) is 0.591. The zero-order chi connectivity index (χ0) is 21.5. The van der Waals surface area contributed by atoms with E-state index in [0.717, 1.165) is 63.4 Å². The van der Waals surface area contributed by atoms with Crippen LogP contribution < -0.4 is 10.2 Å². The van der Waals surface area contributed by atoms with Gasteiger partial charge >= 0.3 is 0 Å². The van der Waals surface area contributed by atoms with Gasteiger partial charge in [-0.05, 0) is 44.4 Å². The molecular formula is C22H36IN7O. The summed E-state index contributed by atoms with van der Waals surface area (Å²) in [4.78, 5) is 9.69. The minimum atomic E-state index is 0. The number of rotatable bonds is 7. The number of halogens is 1. The predicted octanol–water partition coefficient (Wildman–Crippen LogP) is 2.66. The highest BCUT2D eigenvalue weighted by Crippen LogP contribution is 2.22. The number of nitrogens with zero attached hydrogens (tertiary/aromatic N) is 6. The van der Waals surface area contributed by atoms with Crippen molar-refractivity contribution in [1.29, 1.82) is 0 Å². The minimum Gasteiger partial charge on any atom is -0.385 e. The molecular weight excluding hydrogens is 505 g/mol. The minimum absolute atomic E-state index is 0. The molecule has 1 fully saturated rings. The summed E-state index contributed by atoms with van der Waals surface area (Å²) in [7, 11) is 3.72. The fourth-order valence-electron chi connectivity index (χ4n) is 3.64. The Labute approximate surface area is 203 Å². The molecule has 9 heteroatoms. The van der Waals surface area contributed by atoms with E-state index in [1.807, 2.05) is 18.5 Å². The van der Waals surface area contributed by atoms with E-state index in [9.17, 15) is 0 Å². The van der Waals surface area contributed by atoms with E-state index in [1.54, 1.807) is 7.11 Å². The van der Waals surface area contributed by atoms with Gasteiger partial charge in [-0.1, -0.05) is 12.1 Å². The number of nitrogens with one attached hydrogen (secondary N) is 1. The number of hydrogen-bond acceptors (Lipinski definition) is 5. The Hall–Kier alpha value is -1.88. The van der Waals surface area contributed by atoms with Crippen LogP contribution in [0.5, 0.6) is 0 Å². The number of methoxy groups -OCH3 is 1. The Morgan fingerprint density at radius 1 is 1.13 bits per heavy atom.